The van der Waals surface area contributed by atoms with E-state index in [0.717, 1.165) is 16.4 Å². The van der Waals surface area contributed by atoms with Crippen LogP contribution in [0.15, 0.2) is 47.4 Å². The number of carbonyl (C=O) groups is 1. The van der Waals surface area contributed by atoms with E-state index >= 15 is 0 Å². The van der Waals surface area contributed by atoms with Crippen molar-refractivity contribution in [3.8, 4) is 0 Å². The highest BCUT2D eigenvalue weighted by molar-refractivity contribution is 7.89. The van der Waals surface area contributed by atoms with Gasteiger partial charge in [-0.15, -0.1) is 0 Å². The Hall–Kier alpha value is -2.32. The lowest BCUT2D eigenvalue weighted by atomic mass is 10.1. The van der Waals surface area contributed by atoms with E-state index in [0.29, 0.717) is 0 Å². The van der Waals surface area contributed by atoms with Crippen LogP contribution in [-0.4, -0.2) is 32.7 Å². The molecule has 0 spiro atoms. The lowest BCUT2D eigenvalue weighted by Crippen LogP contribution is -2.27. The normalized spacial score (nSPS) is 12.9. The Morgan fingerprint density at radius 3 is 2.20 bits per heavy atom. The van der Waals surface area contributed by atoms with E-state index in [1.165, 1.54) is 44.4 Å². The number of halogens is 2. The molecule has 0 saturated carbocycles. The summed E-state index contributed by atoms with van der Waals surface area (Å²) in [6, 6.07) is 7.85. The molecule has 0 saturated heterocycles. The average molecular weight is 368 g/mol. The van der Waals surface area contributed by atoms with Gasteiger partial charge in [0.05, 0.1) is 10.9 Å². The highest BCUT2D eigenvalue weighted by Crippen LogP contribution is 2.19. The molecular weight excluding hydrogens is 350 g/mol. The van der Waals surface area contributed by atoms with Crippen LogP contribution in [0.4, 0.5) is 8.78 Å². The van der Waals surface area contributed by atoms with Crippen molar-refractivity contribution in [3.63, 3.8) is 0 Å². The second-order valence-electron chi connectivity index (χ2n) is 5.67. The zero-order chi connectivity index (χ0) is 18.8. The van der Waals surface area contributed by atoms with Crippen molar-refractivity contribution in [1.29, 1.82) is 0 Å². The molecule has 0 fully saturated rings. The minimum absolute atomic E-state index is 0.0617. The number of amides is 1. The first-order chi connectivity index (χ1) is 11.6. The van der Waals surface area contributed by atoms with Crippen LogP contribution in [0.3, 0.4) is 0 Å². The Morgan fingerprint density at radius 1 is 1.08 bits per heavy atom. The van der Waals surface area contributed by atoms with Crippen LogP contribution in [0.1, 0.15) is 28.9 Å². The smallest absolute Gasteiger partial charge is 0.251 e. The maximum absolute atomic E-state index is 13.8. The monoisotopic (exact) mass is 368 g/mol. The SMILES string of the molecule is C[C@@H](NC(=O)c1ccc(S(=O)(=O)N(C)C)cc1)c1ccc(F)cc1F. The van der Waals surface area contributed by atoms with Crippen LogP contribution in [0.5, 0.6) is 0 Å². The molecule has 0 bridgehead atoms. The molecule has 1 amide bonds. The largest absolute Gasteiger partial charge is 0.345 e. The zero-order valence-electron chi connectivity index (χ0n) is 14.0. The third-order valence-electron chi connectivity index (χ3n) is 3.67. The molecular formula is C17H18F2N2O3S. The summed E-state index contributed by atoms with van der Waals surface area (Å²) in [4.78, 5) is 12.3. The third kappa shape index (κ3) is 4.21. The number of hydrogen-bond acceptors (Lipinski definition) is 3. The first kappa shape index (κ1) is 19.0. The zero-order valence-corrected chi connectivity index (χ0v) is 14.8. The molecule has 2 rings (SSSR count). The second kappa shape index (κ2) is 7.28. The summed E-state index contributed by atoms with van der Waals surface area (Å²) in [6.45, 7) is 1.57. The van der Waals surface area contributed by atoms with E-state index in [9.17, 15) is 22.0 Å². The van der Waals surface area contributed by atoms with Gasteiger partial charge in [0, 0.05) is 31.3 Å². The Kier molecular flexibility index (Phi) is 5.54. The van der Waals surface area contributed by atoms with E-state index in [-0.39, 0.29) is 16.0 Å². The van der Waals surface area contributed by atoms with Crippen molar-refractivity contribution in [1.82, 2.24) is 9.62 Å². The summed E-state index contributed by atoms with van der Waals surface area (Å²) in [7, 11) is -0.755. The van der Waals surface area contributed by atoms with Crippen molar-refractivity contribution in [2.24, 2.45) is 0 Å². The number of hydrogen-bond donors (Lipinski definition) is 1. The highest BCUT2D eigenvalue weighted by atomic mass is 32.2. The molecule has 0 aliphatic carbocycles. The molecule has 5 nitrogen and oxygen atoms in total. The number of rotatable bonds is 5. The predicted octanol–water partition coefficient (Wildman–Crippen LogP) is 2.71. The first-order valence-electron chi connectivity index (χ1n) is 7.41. The Morgan fingerprint density at radius 2 is 1.68 bits per heavy atom. The van der Waals surface area contributed by atoms with Crippen molar-refractivity contribution < 1.29 is 22.0 Å². The van der Waals surface area contributed by atoms with Crippen molar-refractivity contribution in [2.45, 2.75) is 17.9 Å². The Bertz CT molecular complexity index is 881. The first-order valence-corrected chi connectivity index (χ1v) is 8.85. The molecule has 0 aliphatic heterocycles. The van der Waals surface area contributed by atoms with Crippen LogP contribution in [-0.2, 0) is 10.0 Å². The Labute approximate surface area is 145 Å². The number of nitrogens with one attached hydrogen (secondary N) is 1. The molecule has 2 aromatic carbocycles. The lowest BCUT2D eigenvalue weighted by Gasteiger charge is -2.16. The van der Waals surface area contributed by atoms with Gasteiger partial charge in [-0.1, -0.05) is 6.07 Å². The van der Waals surface area contributed by atoms with Gasteiger partial charge in [0.15, 0.2) is 0 Å². The summed E-state index contributed by atoms with van der Waals surface area (Å²) >= 11 is 0. The standard InChI is InChI=1S/C17H18F2N2O3S/c1-11(15-9-6-13(18)10-16(15)19)20-17(22)12-4-7-14(8-5-12)25(23,24)21(2)3/h4-11H,1-3H3,(H,20,22)/t11-/m1/s1. The fourth-order valence-corrected chi connectivity index (χ4v) is 3.10. The van der Waals surface area contributed by atoms with E-state index < -0.39 is 33.6 Å². The highest BCUT2D eigenvalue weighted by Gasteiger charge is 2.19. The minimum atomic E-state index is -3.58. The molecule has 0 unspecified atom stereocenters. The maximum atomic E-state index is 13.8. The van der Waals surface area contributed by atoms with Gasteiger partial charge in [-0.3, -0.25) is 4.79 Å². The van der Waals surface area contributed by atoms with Gasteiger partial charge >= 0.3 is 0 Å². The van der Waals surface area contributed by atoms with Crippen LogP contribution in [0.2, 0.25) is 0 Å². The molecule has 1 atom stereocenters. The maximum Gasteiger partial charge on any atom is 0.251 e. The van der Waals surface area contributed by atoms with Gasteiger partial charge in [0.25, 0.3) is 5.91 Å². The molecule has 8 heteroatoms. The van der Waals surface area contributed by atoms with Crippen LogP contribution in [0, 0.1) is 11.6 Å². The van der Waals surface area contributed by atoms with Crippen LogP contribution >= 0.6 is 0 Å². The lowest BCUT2D eigenvalue weighted by molar-refractivity contribution is 0.0939. The van der Waals surface area contributed by atoms with E-state index in [4.69, 9.17) is 0 Å². The van der Waals surface area contributed by atoms with Gasteiger partial charge in [-0.05, 0) is 37.3 Å². The average Bonchev–Trinajstić information content (AvgIpc) is 2.54. The number of carbonyl (C=O) groups excluding carboxylic acids is 1. The van der Waals surface area contributed by atoms with E-state index in [1.54, 1.807) is 6.92 Å². The summed E-state index contributed by atoms with van der Waals surface area (Å²) < 4.78 is 51.8. The minimum Gasteiger partial charge on any atom is -0.345 e. The van der Waals surface area contributed by atoms with Crippen molar-refractivity contribution in [2.75, 3.05) is 14.1 Å². The quantitative estimate of drug-likeness (QED) is 0.882. The molecule has 0 aliphatic rings. The Balaban J connectivity index is 2.16. The fraction of sp³-hybridized carbons (Fsp3) is 0.235. The van der Waals surface area contributed by atoms with Gasteiger partial charge in [-0.25, -0.2) is 21.5 Å². The summed E-state index contributed by atoms with van der Waals surface area (Å²) in [6.07, 6.45) is 0. The second-order valence-corrected chi connectivity index (χ2v) is 7.82. The summed E-state index contributed by atoms with van der Waals surface area (Å²) in [5.74, 6) is -1.94. The predicted molar refractivity (Wildman–Crippen MR) is 89.6 cm³/mol. The third-order valence-corrected chi connectivity index (χ3v) is 5.50. The number of nitrogens with zero attached hydrogens (tertiary/aromatic N) is 1. The molecule has 134 valence electrons. The topological polar surface area (TPSA) is 66.5 Å². The molecule has 0 radical (unpaired) electrons. The molecule has 1 N–H and O–H groups in total. The van der Waals surface area contributed by atoms with Crippen molar-refractivity contribution >= 4 is 15.9 Å². The van der Waals surface area contributed by atoms with Crippen LogP contribution in [0.25, 0.3) is 0 Å². The van der Waals surface area contributed by atoms with Gasteiger partial charge < -0.3 is 5.32 Å². The molecule has 0 heterocycles. The van der Waals surface area contributed by atoms with E-state index in [1.807, 2.05) is 0 Å². The van der Waals surface area contributed by atoms with Gasteiger partial charge in [0.2, 0.25) is 10.0 Å². The number of benzene rings is 2. The van der Waals surface area contributed by atoms with Crippen LogP contribution < -0.4 is 5.32 Å². The molecule has 25 heavy (non-hydrogen) atoms. The van der Waals surface area contributed by atoms with Gasteiger partial charge in [-0.2, -0.15) is 0 Å². The van der Waals surface area contributed by atoms with Crippen molar-refractivity contribution in [3.05, 3.63) is 65.2 Å². The molecule has 0 aromatic heterocycles. The number of sulfonamides is 1. The fourth-order valence-electron chi connectivity index (χ4n) is 2.20. The van der Waals surface area contributed by atoms with E-state index in [2.05, 4.69) is 5.32 Å². The van der Waals surface area contributed by atoms with Gasteiger partial charge in [0.1, 0.15) is 11.6 Å². The summed E-state index contributed by atoms with van der Waals surface area (Å²) in [5, 5.41) is 2.59. The molecule has 2 aromatic rings. The summed E-state index contributed by atoms with van der Waals surface area (Å²) in [5.41, 5.74) is 0.383.